The molecule has 3 atom stereocenters. The van der Waals surface area contributed by atoms with Crippen LogP contribution >= 0.6 is 11.8 Å². The molecule has 0 saturated heterocycles. The third kappa shape index (κ3) is 7.68. The molecule has 7 heteroatoms. The van der Waals surface area contributed by atoms with E-state index in [4.69, 9.17) is 0 Å². The minimum absolute atomic E-state index is 0.0621. The van der Waals surface area contributed by atoms with E-state index < -0.39 is 6.04 Å². The zero-order chi connectivity index (χ0) is 26.2. The molecule has 0 spiro atoms. The van der Waals surface area contributed by atoms with Crippen molar-refractivity contribution in [2.75, 3.05) is 18.8 Å². The molecule has 0 unspecified atom stereocenters. The normalized spacial score (nSPS) is 20.9. The summed E-state index contributed by atoms with van der Waals surface area (Å²) in [5.41, 5.74) is 1.85. The molecule has 2 aromatic carbocycles. The van der Waals surface area contributed by atoms with Crippen LogP contribution in [-0.2, 0) is 16.1 Å². The summed E-state index contributed by atoms with van der Waals surface area (Å²) >= 11 is 1.84. The van der Waals surface area contributed by atoms with E-state index in [0.29, 0.717) is 24.9 Å². The smallest absolute Gasteiger partial charge is 0.251 e. The second-order valence-corrected chi connectivity index (χ2v) is 11.8. The third-order valence-electron chi connectivity index (χ3n) is 7.28. The zero-order valence-electron chi connectivity index (χ0n) is 21.9. The van der Waals surface area contributed by atoms with Crippen molar-refractivity contribution in [1.29, 1.82) is 0 Å². The molecular formula is C30H39N3O3S. The van der Waals surface area contributed by atoms with Gasteiger partial charge in [-0.05, 0) is 48.9 Å². The Labute approximate surface area is 225 Å². The first-order valence-corrected chi connectivity index (χ1v) is 14.5. The van der Waals surface area contributed by atoms with Crippen LogP contribution in [0.15, 0.2) is 59.5 Å². The third-order valence-corrected chi connectivity index (χ3v) is 8.37. The van der Waals surface area contributed by atoms with E-state index in [9.17, 15) is 14.4 Å². The van der Waals surface area contributed by atoms with Crippen LogP contribution in [0.2, 0.25) is 0 Å². The fraction of sp³-hybridized carbons (Fsp3) is 0.500. The van der Waals surface area contributed by atoms with E-state index in [1.165, 1.54) is 10.5 Å². The molecule has 1 saturated carbocycles. The van der Waals surface area contributed by atoms with E-state index in [2.05, 4.69) is 47.6 Å². The van der Waals surface area contributed by atoms with Gasteiger partial charge in [0.25, 0.3) is 5.91 Å². The summed E-state index contributed by atoms with van der Waals surface area (Å²) in [5, 5.41) is 6.21. The summed E-state index contributed by atoms with van der Waals surface area (Å²) in [4.78, 5) is 43.3. The van der Waals surface area contributed by atoms with Crippen molar-refractivity contribution in [3.63, 3.8) is 0 Å². The van der Waals surface area contributed by atoms with Gasteiger partial charge in [-0.2, -0.15) is 0 Å². The lowest BCUT2D eigenvalue weighted by molar-refractivity contribution is -0.132. The van der Waals surface area contributed by atoms with Crippen molar-refractivity contribution >= 4 is 29.4 Å². The summed E-state index contributed by atoms with van der Waals surface area (Å²) in [7, 11) is 0. The molecule has 1 aliphatic heterocycles. The number of hydrogen-bond donors (Lipinski definition) is 2. The first-order valence-electron chi connectivity index (χ1n) is 13.5. The number of nitrogens with zero attached hydrogens (tertiary/aromatic N) is 1. The van der Waals surface area contributed by atoms with Crippen molar-refractivity contribution in [3.05, 3.63) is 65.7 Å². The second-order valence-electron chi connectivity index (χ2n) is 10.7. The van der Waals surface area contributed by atoms with Crippen LogP contribution in [0.4, 0.5) is 0 Å². The highest BCUT2D eigenvalue weighted by Crippen LogP contribution is 2.28. The quantitative estimate of drug-likeness (QED) is 0.501. The highest BCUT2D eigenvalue weighted by molar-refractivity contribution is 7.99. The molecule has 4 rings (SSSR count). The van der Waals surface area contributed by atoms with Crippen LogP contribution in [-0.4, -0.2) is 53.4 Å². The van der Waals surface area contributed by atoms with Crippen LogP contribution in [0.3, 0.4) is 0 Å². The summed E-state index contributed by atoms with van der Waals surface area (Å²) in [6.07, 6.45) is 4.02. The number of benzene rings is 2. The van der Waals surface area contributed by atoms with Gasteiger partial charge in [0.15, 0.2) is 5.78 Å². The molecular weight excluding hydrogens is 482 g/mol. The van der Waals surface area contributed by atoms with Crippen LogP contribution in [0.1, 0.15) is 61.9 Å². The molecule has 2 N–H and O–H groups in total. The number of hydrogen-bond acceptors (Lipinski definition) is 5. The summed E-state index contributed by atoms with van der Waals surface area (Å²) in [6, 6.07) is 16.7. The van der Waals surface area contributed by atoms with Gasteiger partial charge in [-0.25, -0.2) is 0 Å². The maximum atomic E-state index is 13.5. The number of fused-ring (bicyclic) bond motifs is 1. The molecule has 1 fully saturated rings. The number of ketones is 1. The monoisotopic (exact) mass is 521 g/mol. The molecule has 0 bridgehead atoms. The van der Waals surface area contributed by atoms with Crippen LogP contribution in [0, 0.1) is 11.8 Å². The molecule has 0 aromatic heterocycles. The molecule has 198 valence electrons. The van der Waals surface area contributed by atoms with Gasteiger partial charge in [-0.3, -0.25) is 19.3 Å². The standard InChI is InChI=1S/C30H39N3O3S/c1-21(2)18-26(27(34)20-33-16-17-37-28-15-9-6-12-23(28)19-33)32-30(36)24-13-7-8-14-25(24)31-29(35)22-10-4-3-5-11-22/h3-6,9-12,15,21,24-26H,7-8,13-14,16-20H2,1-2H3,(H,31,35)(H,32,36)/t24-,25+,26+/m1/s1. The predicted octanol–water partition coefficient (Wildman–Crippen LogP) is 4.68. The predicted molar refractivity (Wildman–Crippen MR) is 148 cm³/mol. The molecule has 2 aliphatic rings. The molecule has 1 heterocycles. The van der Waals surface area contributed by atoms with Crippen LogP contribution < -0.4 is 10.6 Å². The fourth-order valence-electron chi connectivity index (χ4n) is 5.33. The Morgan fingerprint density at radius 1 is 1.00 bits per heavy atom. The Morgan fingerprint density at radius 2 is 1.73 bits per heavy atom. The van der Waals surface area contributed by atoms with Crippen molar-refractivity contribution in [2.45, 2.75) is 69.5 Å². The van der Waals surface area contributed by atoms with Crippen molar-refractivity contribution in [3.8, 4) is 0 Å². The van der Waals surface area contributed by atoms with E-state index in [1.54, 1.807) is 12.1 Å². The van der Waals surface area contributed by atoms with Gasteiger partial charge in [0, 0.05) is 35.3 Å². The van der Waals surface area contributed by atoms with Crippen molar-refractivity contribution in [1.82, 2.24) is 15.5 Å². The Kier molecular flexibility index (Phi) is 9.81. The first-order chi connectivity index (χ1) is 17.9. The van der Waals surface area contributed by atoms with Gasteiger partial charge < -0.3 is 10.6 Å². The zero-order valence-corrected chi connectivity index (χ0v) is 22.8. The highest BCUT2D eigenvalue weighted by atomic mass is 32.2. The molecule has 0 radical (unpaired) electrons. The van der Waals surface area contributed by atoms with E-state index >= 15 is 0 Å². The number of carbonyl (C=O) groups excluding carboxylic acids is 3. The molecule has 2 amide bonds. The maximum Gasteiger partial charge on any atom is 0.251 e. The first kappa shape index (κ1) is 27.4. The molecule has 2 aromatic rings. The van der Waals surface area contributed by atoms with Crippen molar-refractivity contribution in [2.24, 2.45) is 11.8 Å². The van der Waals surface area contributed by atoms with Gasteiger partial charge in [0.1, 0.15) is 0 Å². The number of Topliss-reactive ketones (excluding diaryl/α,β-unsaturated/α-hetero) is 1. The second kappa shape index (κ2) is 13.2. The van der Waals surface area contributed by atoms with Crippen LogP contribution in [0.5, 0.6) is 0 Å². The van der Waals surface area contributed by atoms with E-state index in [-0.39, 0.29) is 35.5 Å². The Bertz CT molecular complexity index is 1070. The average Bonchev–Trinajstić information content (AvgIpc) is 3.10. The molecule has 6 nitrogen and oxygen atoms in total. The highest BCUT2D eigenvalue weighted by Gasteiger charge is 2.34. The van der Waals surface area contributed by atoms with E-state index in [0.717, 1.165) is 38.1 Å². The van der Waals surface area contributed by atoms with Crippen molar-refractivity contribution < 1.29 is 14.4 Å². The van der Waals surface area contributed by atoms with Gasteiger partial charge >= 0.3 is 0 Å². The topological polar surface area (TPSA) is 78.5 Å². The number of thioether (sulfide) groups is 1. The van der Waals surface area contributed by atoms with Gasteiger partial charge in [0.05, 0.1) is 18.5 Å². The summed E-state index contributed by atoms with van der Waals surface area (Å²) < 4.78 is 0. The van der Waals surface area contributed by atoms with E-state index in [1.807, 2.05) is 36.0 Å². The minimum Gasteiger partial charge on any atom is -0.349 e. The average molecular weight is 522 g/mol. The minimum atomic E-state index is -0.522. The number of nitrogens with one attached hydrogen (secondary N) is 2. The number of amides is 2. The van der Waals surface area contributed by atoms with Gasteiger partial charge in [0.2, 0.25) is 5.91 Å². The number of rotatable bonds is 9. The summed E-state index contributed by atoms with van der Waals surface area (Å²) in [6.45, 7) is 6.06. The van der Waals surface area contributed by atoms with Gasteiger partial charge in [-0.1, -0.05) is 63.1 Å². The fourth-order valence-corrected chi connectivity index (χ4v) is 6.39. The Hall–Kier alpha value is -2.64. The SMILES string of the molecule is CC(C)C[C@H](NC(=O)[C@@H]1CCCC[C@@H]1NC(=O)c1ccccc1)C(=O)CN1CCSc2ccccc2C1. The lowest BCUT2D eigenvalue weighted by Gasteiger charge is -2.33. The number of carbonyl (C=O) groups is 3. The lowest BCUT2D eigenvalue weighted by atomic mass is 9.83. The van der Waals surface area contributed by atoms with Gasteiger partial charge in [-0.15, -0.1) is 11.8 Å². The summed E-state index contributed by atoms with van der Waals surface area (Å²) in [5.74, 6) is 0.677. The molecule has 37 heavy (non-hydrogen) atoms. The maximum absolute atomic E-state index is 13.5. The van der Waals surface area contributed by atoms with Crippen LogP contribution in [0.25, 0.3) is 0 Å². The molecule has 1 aliphatic carbocycles. The Morgan fingerprint density at radius 3 is 2.51 bits per heavy atom. The lowest BCUT2D eigenvalue weighted by Crippen LogP contribution is -2.53. The largest absolute Gasteiger partial charge is 0.349 e. The Balaban J connectivity index is 1.40.